The minimum absolute atomic E-state index is 0.00255. The first-order valence-electron chi connectivity index (χ1n) is 11.5. The second kappa shape index (κ2) is 12.1. The molecule has 4 aromatic rings. The van der Waals surface area contributed by atoms with E-state index in [0.717, 1.165) is 46.6 Å². The quantitative estimate of drug-likeness (QED) is 0.293. The molecule has 3 N–H and O–H groups in total. The van der Waals surface area contributed by atoms with Crippen LogP contribution in [0.3, 0.4) is 0 Å². The summed E-state index contributed by atoms with van der Waals surface area (Å²) < 4.78 is 11.7. The predicted molar refractivity (Wildman–Crippen MR) is 133 cm³/mol. The van der Waals surface area contributed by atoms with E-state index in [0.29, 0.717) is 6.54 Å². The molecule has 0 saturated carbocycles. The maximum atomic E-state index is 10.2. The number of ether oxygens (including phenoxy) is 2. The van der Waals surface area contributed by atoms with E-state index in [1.807, 2.05) is 84.9 Å². The average Bonchev–Trinajstić information content (AvgIpc) is 2.89. The summed E-state index contributed by atoms with van der Waals surface area (Å²) in [4.78, 5) is 4.37. The highest BCUT2D eigenvalue weighted by Gasteiger charge is 2.12. The summed E-state index contributed by atoms with van der Waals surface area (Å²) in [5.74, 6) is 2.26. The summed E-state index contributed by atoms with van der Waals surface area (Å²) in [6, 6.07) is 27.0. The Labute approximate surface area is 199 Å². The number of nitrogens with one attached hydrogen (secondary N) is 1. The lowest BCUT2D eigenvalue weighted by atomic mass is 10.1. The van der Waals surface area contributed by atoms with Crippen molar-refractivity contribution in [1.82, 2.24) is 10.3 Å². The van der Waals surface area contributed by atoms with E-state index in [-0.39, 0.29) is 19.3 Å². The van der Waals surface area contributed by atoms with Crippen LogP contribution < -0.4 is 14.8 Å². The molecule has 4 rings (SSSR count). The minimum Gasteiger partial charge on any atom is -0.491 e. The fraction of sp³-hybridized carbons (Fsp3) is 0.250. The van der Waals surface area contributed by atoms with Gasteiger partial charge in [0.25, 0.3) is 0 Å². The van der Waals surface area contributed by atoms with Crippen molar-refractivity contribution in [3.05, 3.63) is 96.7 Å². The summed E-state index contributed by atoms with van der Waals surface area (Å²) >= 11 is 0. The van der Waals surface area contributed by atoms with Gasteiger partial charge in [0.1, 0.15) is 30.0 Å². The summed E-state index contributed by atoms with van der Waals surface area (Å²) in [6.07, 6.45) is 2.64. The summed E-state index contributed by atoms with van der Waals surface area (Å²) in [6.45, 7) is 0.552. The standard InChI is InChI=1S/C28H30N2O4/c31-19-22(30-18-23(32)20-33-24-6-2-1-3-7-24)13-10-21-11-14-25(15-12-21)34-28-16-17-29-27-9-5-4-8-26(27)28/h1-9,11-12,14-17,22-23,30-32H,10,13,18-20H2/t22-,23-/m0/s1. The van der Waals surface area contributed by atoms with Gasteiger partial charge in [-0.25, -0.2) is 0 Å². The molecule has 0 bridgehead atoms. The molecular formula is C28H30N2O4. The second-order valence-electron chi connectivity index (χ2n) is 8.18. The molecule has 6 nitrogen and oxygen atoms in total. The van der Waals surface area contributed by atoms with Crippen LogP contribution in [-0.4, -0.2) is 47.1 Å². The van der Waals surface area contributed by atoms with Crippen LogP contribution in [0.2, 0.25) is 0 Å². The highest BCUT2D eigenvalue weighted by molar-refractivity contribution is 5.84. The van der Waals surface area contributed by atoms with Gasteiger partial charge in [-0.1, -0.05) is 42.5 Å². The molecule has 0 unspecified atom stereocenters. The largest absolute Gasteiger partial charge is 0.491 e. The Morgan fingerprint density at radius 2 is 1.62 bits per heavy atom. The van der Waals surface area contributed by atoms with Crippen LogP contribution in [0.5, 0.6) is 17.2 Å². The topological polar surface area (TPSA) is 83.8 Å². The Morgan fingerprint density at radius 3 is 2.41 bits per heavy atom. The molecule has 0 fully saturated rings. The number of benzene rings is 3. The number of pyridine rings is 1. The number of hydrogen-bond donors (Lipinski definition) is 3. The van der Waals surface area contributed by atoms with Crippen molar-refractivity contribution in [3.8, 4) is 17.2 Å². The van der Waals surface area contributed by atoms with Gasteiger partial charge in [0.2, 0.25) is 0 Å². The molecular weight excluding hydrogens is 428 g/mol. The zero-order valence-corrected chi connectivity index (χ0v) is 19.0. The first-order valence-corrected chi connectivity index (χ1v) is 11.5. The van der Waals surface area contributed by atoms with E-state index in [1.165, 1.54) is 0 Å². The van der Waals surface area contributed by atoms with Gasteiger partial charge in [-0.05, 0) is 60.9 Å². The monoisotopic (exact) mass is 458 g/mol. The van der Waals surface area contributed by atoms with E-state index >= 15 is 0 Å². The van der Waals surface area contributed by atoms with Crippen molar-refractivity contribution >= 4 is 10.9 Å². The van der Waals surface area contributed by atoms with Crippen molar-refractivity contribution in [1.29, 1.82) is 0 Å². The van der Waals surface area contributed by atoms with Crippen LogP contribution in [-0.2, 0) is 6.42 Å². The number of nitrogens with zero attached hydrogens (tertiary/aromatic N) is 1. The van der Waals surface area contributed by atoms with Crippen LogP contribution in [0.25, 0.3) is 10.9 Å². The number of aryl methyl sites for hydroxylation is 1. The number of hydrogen-bond acceptors (Lipinski definition) is 6. The average molecular weight is 459 g/mol. The van der Waals surface area contributed by atoms with Gasteiger partial charge in [-0.3, -0.25) is 4.98 Å². The van der Waals surface area contributed by atoms with Gasteiger partial charge >= 0.3 is 0 Å². The van der Waals surface area contributed by atoms with Gasteiger partial charge in [0.15, 0.2) is 0 Å². The number of para-hydroxylation sites is 2. The van der Waals surface area contributed by atoms with Crippen LogP contribution in [0.4, 0.5) is 0 Å². The molecule has 1 aromatic heterocycles. The molecule has 0 aliphatic heterocycles. The van der Waals surface area contributed by atoms with Gasteiger partial charge in [-0.2, -0.15) is 0 Å². The van der Waals surface area contributed by atoms with Crippen LogP contribution in [0.1, 0.15) is 12.0 Å². The van der Waals surface area contributed by atoms with Gasteiger partial charge in [0.05, 0.1) is 12.1 Å². The summed E-state index contributed by atoms with van der Waals surface area (Å²) in [5.41, 5.74) is 2.05. The lowest BCUT2D eigenvalue weighted by Crippen LogP contribution is -2.40. The van der Waals surface area contributed by atoms with Gasteiger partial charge in [0, 0.05) is 24.2 Å². The Balaban J connectivity index is 1.23. The fourth-order valence-electron chi connectivity index (χ4n) is 3.68. The molecule has 0 aliphatic carbocycles. The van der Waals surface area contributed by atoms with Crippen LogP contribution in [0.15, 0.2) is 91.1 Å². The Morgan fingerprint density at radius 1 is 0.853 bits per heavy atom. The van der Waals surface area contributed by atoms with Crippen molar-refractivity contribution < 1.29 is 19.7 Å². The number of fused-ring (bicyclic) bond motifs is 1. The Hall–Kier alpha value is -3.45. The predicted octanol–water partition coefficient (Wildman–Crippen LogP) is 4.35. The maximum absolute atomic E-state index is 10.2. The zero-order chi connectivity index (χ0) is 23.6. The molecule has 0 spiro atoms. The third kappa shape index (κ3) is 6.78. The molecule has 0 amide bonds. The maximum Gasteiger partial charge on any atom is 0.138 e. The fourth-order valence-corrected chi connectivity index (χ4v) is 3.68. The van der Waals surface area contributed by atoms with Crippen molar-refractivity contribution in [2.45, 2.75) is 25.0 Å². The number of aliphatic hydroxyl groups is 2. The molecule has 0 aliphatic rings. The summed E-state index contributed by atoms with van der Waals surface area (Å²) in [5, 5.41) is 24.1. The number of aromatic nitrogens is 1. The zero-order valence-electron chi connectivity index (χ0n) is 19.0. The highest BCUT2D eigenvalue weighted by Crippen LogP contribution is 2.28. The van der Waals surface area contributed by atoms with E-state index in [4.69, 9.17) is 9.47 Å². The molecule has 0 radical (unpaired) electrons. The molecule has 6 heteroatoms. The normalized spacial score (nSPS) is 12.9. The van der Waals surface area contributed by atoms with Gasteiger partial charge < -0.3 is 25.0 Å². The molecule has 34 heavy (non-hydrogen) atoms. The summed E-state index contributed by atoms with van der Waals surface area (Å²) in [7, 11) is 0. The third-order valence-corrected chi connectivity index (χ3v) is 5.59. The first-order chi connectivity index (χ1) is 16.7. The lowest BCUT2D eigenvalue weighted by molar-refractivity contribution is 0.0991. The smallest absolute Gasteiger partial charge is 0.138 e. The molecule has 3 aromatic carbocycles. The highest BCUT2D eigenvalue weighted by atomic mass is 16.5. The Bertz CT molecular complexity index is 1150. The van der Waals surface area contributed by atoms with E-state index in [1.54, 1.807) is 6.20 Å². The SMILES string of the molecule is OC[C@H](CCc1ccc(Oc2ccnc3ccccc23)cc1)NC[C@H](O)COc1ccccc1. The van der Waals surface area contributed by atoms with E-state index in [2.05, 4.69) is 10.3 Å². The first kappa shape index (κ1) is 23.7. The molecule has 176 valence electrons. The van der Waals surface area contributed by atoms with Crippen molar-refractivity contribution in [2.24, 2.45) is 0 Å². The molecule has 0 saturated heterocycles. The third-order valence-electron chi connectivity index (χ3n) is 5.59. The van der Waals surface area contributed by atoms with E-state index < -0.39 is 6.10 Å². The number of rotatable bonds is 12. The van der Waals surface area contributed by atoms with Crippen molar-refractivity contribution in [3.63, 3.8) is 0 Å². The molecule has 2 atom stereocenters. The molecule has 1 heterocycles. The Kier molecular flexibility index (Phi) is 8.46. The lowest BCUT2D eigenvalue weighted by Gasteiger charge is -2.19. The van der Waals surface area contributed by atoms with Gasteiger partial charge in [-0.15, -0.1) is 0 Å². The van der Waals surface area contributed by atoms with E-state index in [9.17, 15) is 10.2 Å². The number of aliphatic hydroxyl groups excluding tert-OH is 2. The second-order valence-corrected chi connectivity index (χ2v) is 8.18. The minimum atomic E-state index is -0.657. The van der Waals surface area contributed by atoms with Crippen molar-refractivity contribution in [2.75, 3.05) is 19.8 Å². The van der Waals surface area contributed by atoms with Crippen LogP contribution >= 0.6 is 0 Å². The van der Waals surface area contributed by atoms with Crippen LogP contribution in [0, 0.1) is 0 Å².